The molecule has 0 saturated heterocycles. The van der Waals surface area contributed by atoms with Crippen LogP contribution in [0, 0.1) is 6.92 Å². The highest BCUT2D eigenvalue weighted by Crippen LogP contribution is 2.21. The third kappa shape index (κ3) is 3.34. The van der Waals surface area contributed by atoms with Crippen LogP contribution in [0.1, 0.15) is 18.1 Å². The largest absolute Gasteiger partial charge is 0.481 e. The number of nitrogens with one attached hydrogen (secondary N) is 1. The third-order valence-corrected chi connectivity index (χ3v) is 2.79. The molecule has 2 aromatic rings. The Morgan fingerprint density at radius 2 is 2.10 bits per heavy atom. The molecule has 0 aliphatic rings. The molecule has 0 aromatic carbocycles. The van der Waals surface area contributed by atoms with Crippen molar-refractivity contribution < 1.29 is 9.47 Å². The van der Waals surface area contributed by atoms with Crippen molar-refractivity contribution in [3.05, 3.63) is 35.8 Å². The molecule has 20 heavy (non-hydrogen) atoms. The van der Waals surface area contributed by atoms with Crippen molar-refractivity contribution in [2.75, 3.05) is 19.0 Å². The molecule has 0 amide bonds. The fourth-order valence-electron chi connectivity index (χ4n) is 1.75. The van der Waals surface area contributed by atoms with Gasteiger partial charge in [0.1, 0.15) is 12.1 Å². The van der Waals surface area contributed by atoms with Crippen molar-refractivity contribution in [2.45, 2.75) is 20.4 Å². The van der Waals surface area contributed by atoms with E-state index in [9.17, 15) is 0 Å². The van der Waals surface area contributed by atoms with Crippen LogP contribution in [0.25, 0.3) is 0 Å². The average Bonchev–Trinajstić information content (AvgIpc) is 2.48. The molecule has 0 spiro atoms. The number of hydrogen-bond donors (Lipinski definition) is 1. The molecule has 1 N–H and O–H groups in total. The van der Waals surface area contributed by atoms with Crippen LogP contribution >= 0.6 is 0 Å². The molecule has 2 aromatic heterocycles. The SMILES string of the molecule is CCOc1ncnc(NCc2ccnc(OC)c2)c1C. The minimum Gasteiger partial charge on any atom is -0.481 e. The van der Waals surface area contributed by atoms with Crippen LogP contribution in [0.3, 0.4) is 0 Å². The van der Waals surface area contributed by atoms with Gasteiger partial charge in [-0.1, -0.05) is 0 Å². The van der Waals surface area contributed by atoms with E-state index in [1.165, 1.54) is 6.33 Å². The smallest absolute Gasteiger partial charge is 0.221 e. The lowest BCUT2D eigenvalue weighted by Crippen LogP contribution is -2.06. The predicted octanol–water partition coefficient (Wildman–Crippen LogP) is 2.20. The first-order valence-corrected chi connectivity index (χ1v) is 6.41. The molecule has 0 bridgehead atoms. The van der Waals surface area contributed by atoms with E-state index in [1.807, 2.05) is 26.0 Å². The lowest BCUT2D eigenvalue weighted by atomic mass is 10.2. The molecular formula is C14H18N4O2. The second kappa shape index (κ2) is 6.70. The van der Waals surface area contributed by atoms with Gasteiger partial charge < -0.3 is 14.8 Å². The van der Waals surface area contributed by atoms with E-state index < -0.39 is 0 Å². The van der Waals surface area contributed by atoms with Gasteiger partial charge in [0.25, 0.3) is 0 Å². The highest BCUT2D eigenvalue weighted by Gasteiger charge is 2.07. The summed E-state index contributed by atoms with van der Waals surface area (Å²) < 4.78 is 10.5. The highest BCUT2D eigenvalue weighted by atomic mass is 16.5. The Balaban J connectivity index is 2.08. The van der Waals surface area contributed by atoms with Crippen molar-refractivity contribution in [3.63, 3.8) is 0 Å². The Kier molecular flexibility index (Phi) is 4.70. The summed E-state index contributed by atoms with van der Waals surface area (Å²) in [6, 6.07) is 3.81. The molecule has 6 nitrogen and oxygen atoms in total. The molecule has 0 fully saturated rings. The molecule has 0 aliphatic carbocycles. The first-order valence-electron chi connectivity index (χ1n) is 6.41. The molecule has 2 heterocycles. The van der Waals surface area contributed by atoms with Gasteiger partial charge in [-0.2, -0.15) is 0 Å². The van der Waals surface area contributed by atoms with E-state index in [1.54, 1.807) is 13.3 Å². The number of aromatic nitrogens is 3. The molecule has 0 aliphatic heterocycles. The van der Waals surface area contributed by atoms with Gasteiger partial charge in [0, 0.05) is 18.8 Å². The molecule has 6 heteroatoms. The van der Waals surface area contributed by atoms with Gasteiger partial charge in [0.15, 0.2) is 0 Å². The summed E-state index contributed by atoms with van der Waals surface area (Å²) in [5.41, 5.74) is 1.96. The van der Waals surface area contributed by atoms with Crippen LogP contribution in [-0.4, -0.2) is 28.7 Å². The highest BCUT2D eigenvalue weighted by molar-refractivity contribution is 5.48. The summed E-state index contributed by atoms with van der Waals surface area (Å²) in [6.45, 7) is 5.07. The van der Waals surface area contributed by atoms with Crippen LogP contribution in [0.2, 0.25) is 0 Å². The summed E-state index contributed by atoms with van der Waals surface area (Å²) in [5, 5.41) is 3.26. The van der Waals surface area contributed by atoms with Crippen LogP contribution < -0.4 is 14.8 Å². The molecule has 0 unspecified atom stereocenters. The Bertz CT molecular complexity index is 575. The van der Waals surface area contributed by atoms with Crippen molar-refractivity contribution in [1.29, 1.82) is 0 Å². The third-order valence-electron chi connectivity index (χ3n) is 2.79. The Morgan fingerprint density at radius 1 is 1.25 bits per heavy atom. The number of ether oxygens (including phenoxy) is 2. The number of hydrogen-bond acceptors (Lipinski definition) is 6. The number of nitrogens with zero attached hydrogens (tertiary/aromatic N) is 3. The van der Waals surface area contributed by atoms with Crippen LogP contribution in [0.15, 0.2) is 24.7 Å². The van der Waals surface area contributed by atoms with E-state index in [-0.39, 0.29) is 0 Å². The van der Waals surface area contributed by atoms with Gasteiger partial charge in [0.2, 0.25) is 11.8 Å². The van der Waals surface area contributed by atoms with Crippen LogP contribution in [0.5, 0.6) is 11.8 Å². The fraction of sp³-hybridized carbons (Fsp3) is 0.357. The summed E-state index contributed by atoms with van der Waals surface area (Å²) in [5.74, 6) is 1.97. The maximum Gasteiger partial charge on any atom is 0.221 e. The van der Waals surface area contributed by atoms with E-state index >= 15 is 0 Å². The van der Waals surface area contributed by atoms with Crippen LogP contribution in [0.4, 0.5) is 5.82 Å². The van der Waals surface area contributed by atoms with Gasteiger partial charge in [-0.25, -0.2) is 15.0 Å². The second-order valence-corrected chi connectivity index (χ2v) is 4.15. The number of pyridine rings is 1. The van der Waals surface area contributed by atoms with Gasteiger partial charge >= 0.3 is 0 Å². The second-order valence-electron chi connectivity index (χ2n) is 4.15. The zero-order valence-corrected chi connectivity index (χ0v) is 11.9. The van der Waals surface area contributed by atoms with Crippen molar-refractivity contribution in [3.8, 4) is 11.8 Å². The Hall–Kier alpha value is -2.37. The minimum atomic E-state index is 0.582. The normalized spacial score (nSPS) is 10.2. The maximum absolute atomic E-state index is 5.44. The van der Waals surface area contributed by atoms with Gasteiger partial charge in [0.05, 0.1) is 19.3 Å². The van der Waals surface area contributed by atoms with Crippen molar-refractivity contribution in [2.24, 2.45) is 0 Å². The molecule has 0 atom stereocenters. The summed E-state index contributed by atoms with van der Waals surface area (Å²) in [6.07, 6.45) is 3.21. The Morgan fingerprint density at radius 3 is 2.85 bits per heavy atom. The minimum absolute atomic E-state index is 0.582. The lowest BCUT2D eigenvalue weighted by Gasteiger charge is -2.11. The summed E-state index contributed by atoms with van der Waals surface area (Å²) >= 11 is 0. The summed E-state index contributed by atoms with van der Waals surface area (Å²) in [4.78, 5) is 12.4. The average molecular weight is 274 g/mol. The van der Waals surface area contributed by atoms with Gasteiger partial charge in [-0.05, 0) is 25.5 Å². The number of rotatable bonds is 6. The van der Waals surface area contributed by atoms with E-state index in [2.05, 4.69) is 20.3 Å². The topological polar surface area (TPSA) is 69.2 Å². The summed E-state index contributed by atoms with van der Waals surface area (Å²) in [7, 11) is 1.60. The molecule has 0 saturated carbocycles. The standard InChI is InChI=1S/C14H18N4O2/c1-4-20-14-10(2)13(17-9-18-14)16-8-11-5-6-15-12(7-11)19-3/h5-7,9H,4,8H2,1-3H3,(H,16,17,18). The molecule has 106 valence electrons. The van der Waals surface area contributed by atoms with Crippen molar-refractivity contribution >= 4 is 5.82 Å². The monoisotopic (exact) mass is 274 g/mol. The predicted molar refractivity (Wildman–Crippen MR) is 76.1 cm³/mol. The maximum atomic E-state index is 5.44. The fourth-order valence-corrected chi connectivity index (χ4v) is 1.75. The number of anilines is 1. The first-order chi connectivity index (χ1) is 9.74. The van der Waals surface area contributed by atoms with Crippen LogP contribution in [-0.2, 0) is 6.54 Å². The zero-order chi connectivity index (χ0) is 14.4. The van der Waals surface area contributed by atoms with E-state index in [4.69, 9.17) is 9.47 Å². The molecule has 0 radical (unpaired) electrons. The zero-order valence-electron chi connectivity index (χ0n) is 11.9. The van der Waals surface area contributed by atoms with E-state index in [0.29, 0.717) is 24.9 Å². The van der Waals surface area contributed by atoms with Gasteiger partial charge in [-0.3, -0.25) is 0 Å². The molecule has 2 rings (SSSR count). The number of methoxy groups -OCH3 is 1. The van der Waals surface area contributed by atoms with E-state index in [0.717, 1.165) is 16.9 Å². The van der Waals surface area contributed by atoms with Gasteiger partial charge in [-0.15, -0.1) is 0 Å². The molecular weight excluding hydrogens is 256 g/mol. The lowest BCUT2D eigenvalue weighted by molar-refractivity contribution is 0.324. The van der Waals surface area contributed by atoms with Crippen molar-refractivity contribution in [1.82, 2.24) is 15.0 Å². The Labute approximate surface area is 118 Å². The first kappa shape index (κ1) is 14.0. The quantitative estimate of drug-likeness (QED) is 0.871.